The van der Waals surface area contributed by atoms with Gasteiger partial charge in [0.2, 0.25) is 0 Å². The van der Waals surface area contributed by atoms with Crippen LogP contribution >= 0.6 is 11.8 Å². The van der Waals surface area contributed by atoms with E-state index in [9.17, 15) is 0 Å². The summed E-state index contributed by atoms with van der Waals surface area (Å²) in [5.41, 5.74) is 2.42. The molecule has 0 saturated carbocycles. The van der Waals surface area contributed by atoms with Crippen molar-refractivity contribution in [3.05, 3.63) is 17.5 Å². The molecule has 2 rings (SSSR count). The molecule has 1 aromatic rings. The van der Waals surface area contributed by atoms with E-state index < -0.39 is 0 Å². The second-order valence-electron chi connectivity index (χ2n) is 4.04. The van der Waals surface area contributed by atoms with Crippen molar-refractivity contribution in [2.45, 2.75) is 32.2 Å². The Morgan fingerprint density at radius 1 is 1.67 bits per heavy atom. The number of rotatable bonds is 3. The molecule has 0 aromatic carbocycles. The number of aliphatic hydroxyl groups is 1. The van der Waals surface area contributed by atoms with Gasteiger partial charge < -0.3 is 5.11 Å². The second-order valence-corrected chi connectivity index (χ2v) is 5.19. The maximum Gasteiger partial charge on any atom is 0.0613 e. The molecule has 4 heteroatoms. The van der Waals surface area contributed by atoms with Gasteiger partial charge in [0.25, 0.3) is 0 Å². The van der Waals surface area contributed by atoms with Gasteiger partial charge in [-0.25, -0.2) is 0 Å². The molecule has 15 heavy (non-hydrogen) atoms. The Labute approximate surface area is 94.9 Å². The average molecular weight is 226 g/mol. The summed E-state index contributed by atoms with van der Waals surface area (Å²) in [5.74, 6) is 2.47. The zero-order valence-corrected chi connectivity index (χ0v) is 9.96. The van der Waals surface area contributed by atoms with Crippen LogP contribution in [-0.4, -0.2) is 33.0 Å². The summed E-state index contributed by atoms with van der Waals surface area (Å²) in [4.78, 5) is 0. The van der Waals surface area contributed by atoms with Gasteiger partial charge in [-0.3, -0.25) is 4.68 Å². The first-order valence-electron chi connectivity index (χ1n) is 5.54. The molecule has 0 spiro atoms. The van der Waals surface area contributed by atoms with Gasteiger partial charge in [0, 0.05) is 18.1 Å². The number of nitrogens with zero attached hydrogens (tertiary/aromatic N) is 2. The number of hydrogen-bond donors (Lipinski definition) is 1. The first-order valence-corrected chi connectivity index (χ1v) is 6.70. The third-order valence-electron chi connectivity index (χ3n) is 3.01. The molecule has 0 aliphatic carbocycles. The van der Waals surface area contributed by atoms with E-state index in [0.29, 0.717) is 6.04 Å². The van der Waals surface area contributed by atoms with Gasteiger partial charge >= 0.3 is 0 Å². The fourth-order valence-electron chi connectivity index (χ4n) is 2.11. The van der Waals surface area contributed by atoms with Gasteiger partial charge in [0.1, 0.15) is 0 Å². The highest BCUT2D eigenvalue weighted by molar-refractivity contribution is 7.99. The molecule has 1 unspecified atom stereocenters. The van der Waals surface area contributed by atoms with Gasteiger partial charge in [0.05, 0.1) is 12.2 Å². The standard InChI is InChI=1S/C11H18N2OS/c1-9-10(4-5-14)7-12-13(9)11-3-2-6-15-8-11/h7,11,14H,2-6,8H2,1H3. The van der Waals surface area contributed by atoms with Crippen molar-refractivity contribution >= 4 is 11.8 Å². The van der Waals surface area contributed by atoms with Gasteiger partial charge in [-0.2, -0.15) is 16.9 Å². The Bertz CT molecular complexity index is 318. The normalized spacial score (nSPS) is 21.9. The molecule has 1 N–H and O–H groups in total. The molecule has 3 nitrogen and oxygen atoms in total. The number of aliphatic hydroxyl groups excluding tert-OH is 1. The van der Waals surface area contributed by atoms with Crippen molar-refractivity contribution in [1.82, 2.24) is 9.78 Å². The summed E-state index contributed by atoms with van der Waals surface area (Å²) in [6.07, 6.45) is 5.18. The second kappa shape index (κ2) is 5.03. The first-order chi connectivity index (χ1) is 7.33. The monoisotopic (exact) mass is 226 g/mol. The number of hydrogen-bond acceptors (Lipinski definition) is 3. The highest BCUT2D eigenvalue weighted by Crippen LogP contribution is 2.27. The van der Waals surface area contributed by atoms with E-state index in [0.717, 1.165) is 6.42 Å². The lowest BCUT2D eigenvalue weighted by molar-refractivity contribution is 0.299. The zero-order chi connectivity index (χ0) is 10.7. The minimum Gasteiger partial charge on any atom is -0.396 e. The van der Waals surface area contributed by atoms with Gasteiger partial charge in [-0.1, -0.05) is 0 Å². The Morgan fingerprint density at radius 2 is 2.53 bits per heavy atom. The van der Waals surface area contributed by atoms with Crippen molar-refractivity contribution in [3.63, 3.8) is 0 Å². The van der Waals surface area contributed by atoms with Crippen molar-refractivity contribution in [1.29, 1.82) is 0 Å². The number of aromatic nitrogens is 2. The van der Waals surface area contributed by atoms with Crippen LogP contribution in [0.5, 0.6) is 0 Å². The molecular formula is C11H18N2OS. The summed E-state index contributed by atoms with van der Waals surface area (Å²) in [6, 6.07) is 0.566. The Kier molecular flexibility index (Phi) is 3.70. The molecule has 1 aliphatic heterocycles. The lowest BCUT2D eigenvalue weighted by Gasteiger charge is -2.23. The molecule has 0 amide bonds. The molecule has 0 bridgehead atoms. The average Bonchev–Trinajstić information content (AvgIpc) is 2.63. The van der Waals surface area contributed by atoms with Crippen LogP contribution in [0.15, 0.2) is 6.20 Å². The van der Waals surface area contributed by atoms with E-state index in [1.807, 2.05) is 18.0 Å². The fraction of sp³-hybridized carbons (Fsp3) is 0.727. The third-order valence-corrected chi connectivity index (χ3v) is 4.21. The van der Waals surface area contributed by atoms with Crippen LogP contribution in [0, 0.1) is 6.92 Å². The molecular weight excluding hydrogens is 208 g/mol. The Balaban J connectivity index is 2.13. The van der Waals surface area contributed by atoms with Gasteiger partial charge in [0.15, 0.2) is 0 Å². The number of thioether (sulfide) groups is 1. The van der Waals surface area contributed by atoms with Crippen molar-refractivity contribution < 1.29 is 5.11 Å². The Morgan fingerprint density at radius 3 is 3.20 bits per heavy atom. The van der Waals surface area contributed by atoms with Crippen LogP contribution < -0.4 is 0 Å². The minimum atomic E-state index is 0.214. The highest BCUT2D eigenvalue weighted by Gasteiger charge is 2.18. The first kappa shape index (κ1) is 11.0. The van der Waals surface area contributed by atoms with Crippen LogP contribution in [0.4, 0.5) is 0 Å². The van der Waals surface area contributed by atoms with Crippen LogP contribution in [0.2, 0.25) is 0 Å². The van der Waals surface area contributed by atoms with E-state index in [1.54, 1.807) is 0 Å². The minimum absolute atomic E-state index is 0.214. The molecule has 1 aromatic heterocycles. The van der Waals surface area contributed by atoms with Crippen LogP contribution in [0.25, 0.3) is 0 Å². The van der Waals surface area contributed by atoms with Crippen LogP contribution in [0.1, 0.15) is 30.1 Å². The third kappa shape index (κ3) is 2.37. The topological polar surface area (TPSA) is 38.1 Å². The maximum atomic E-state index is 8.92. The summed E-state index contributed by atoms with van der Waals surface area (Å²) in [5, 5.41) is 13.4. The molecule has 1 fully saturated rings. The largest absolute Gasteiger partial charge is 0.396 e. The smallest absolute Gasteiger partial charge is 0.0613 e. The molecule has 2 heterocycles. The van der Waals surface area contributed by atoms with Gasteiger partial charge in [-0.05, 0) is 37.5 Å². The maximum absolute atomic E-state index is 8.92. The van der Waals surface area contributed by atoms with E-state index in [-0.39, 0.29) is 6.61 Å². The fourth-order valence-corrected chi connectivity index (χ4v) is 3.23. The molecule has 1 atom stereocenters. The molecule has 0 radical (unpaired) electrons. The van der Waals surface area contributed by atoms with E-state index in [1.165, 1.54) is 35.6 Å². The predicted octanol–water partition coefficient (Wildman–Crippen LogP) is 1.79. The summed E-state index contributed by atoms with van der Waals surface area (Å²) >= 11 is 2.02. The van der Waals surface area contributed by atoms with Crippen LogP contribution in [0.3, 0.4) is 0 Å². The van der Waals surface area contributed by atoms with Crippen molar-refractivity contribution in [2.75, 3.05) is 18.1 Å². The lowest BCUT2D eigenvalue weighted by Crippen LogP contribution is -2.18. The Hall–Kier alpha value is -0.480. The van der Waals surface area contributed by atoms with E-state index in [4.69, 9.17) is 5.11 Å². The molecule has 1 aliphatic rings. The van der Waals surface area contributed by atoms with Crippen LogP contribution in [-0.2, 0) is 6.42 Å². The highest BCUT2D eigenvalue weighted by atomic mass is 32.2. The summed E-state index contributed by atoms with van der Waals surface area (Å²) in [7, 11) is 0. The summed E-state index contributed by atoms with van der Waals surface area (Å²) < 4.78 is 2.15. The van der Waals surface area contributed by atoms with E-state index >= 15 is 0 Å². The van der Waals surface area contributed by atoms with E-state index in [2.05, 4.69) is 16.7 Å². The van der Waals surface area contributed by atoms with Crippen molar-refractivity contribution in [2.24, 2.45) is 0 Å². The quantitative estimate of drug-likeness (QED) is 0.854. The van der Waals surface area contributed by atoms with Crippen molar-refractivity contribution in [3.8, 4) is 0 Å². The molecule has 1 saturated heterocycles. The predicted molar refractivity (Wildman–Crippen MR) is 63.3 cm³/mol. The zero-order valence-electron chi connectivity index (χ0n) is 9.15. The lowest BCUT2D eigenvalue weighted by atomic mass is 10.1. The molecule has 84 valence electrons. The van der Waals surface area contributed by atoms with Gasteiger partial charge in [-0.15, -0.1) is 0 Å². The SMILES string of the molecule is Cc1c(CCO)cnn1C1CCCSC1. The summed E-state index contributed by atoms with van der Waals surface area (Å²) in [6.45, 7) is 2.32.